The van der Waals surface area contributed by atoms with Gasteiger partial charge in [0.2, 0.25) is 7.85 Å². The summed E-state index contributed by atoms with van der Waals surface area (Å²) in [6.07, 6.45) is 8.83. The molecule has 0 spiro atoms. The topological polar surface area (TPSA) is 76.2 Å². The highest BCUT2D eigenvalue weighted by Crippen LogP contribution is 2.23. The number of hydrogen-bond donors (Lipinski definition) is 0. The van der Waals surface area contributed by atoms with Crippen LogP contribution in [0.2, 0.25) is 0 Å². The lowest BCUT2D eigenvalue weighted by atomic mass is 10.0. The third-order valence-corrected chi connectivity index (χ3v) is 5.84. The molecule has 1 aromatic rings. The number of nitrogens with zero attached hydrogens (tertiary/aromatic N) is 2. The summed E-state index contributed by atoms with van der Waals surface area (Å²) in [5.74, 6) is -0.0511. The van der Waals surface area contributed by atoms with E-state index in [4.69, 9.17) is 9.47 Å². The molecule has 0 radical (unpaired) electrons. The van der Waals surface area contributed by atoms with E-state index < -0.39 is 6.09 Å². The number of allylic oxidation sites excluding steroid dienone is 1. The normalized spacial score (nSPS) is 17.0. The molecule has 2 amide bonds. The molecule has 0 N–H and O–H groups in total. The van der Waals surface area contributed by atoms with Gasteiger partial charge in [-0.15, -0.1) is 0 Å². The van der Waals surface area contributed by atoms with E-state index in [1.54, 1.807) is 19.0 Å². The van der Waals surface area contributed by atoms with E-state index in [0.29, 0.717) is 13.1 Å². The lowest BCUT2D eigenvalue weighted by Crippen LogP contribution is -2.37. The highest BCUT2D eigenvalue weighted by molar-refractivity contribution is 8.13. The van der Waals surface area contributed by atoms with Crippen molar-refractivity contribution in [2.24, 2.45) is 0 Å². The average Bonchev–Trinajstić information content (AvgIpc) is 2.72. The predicted molar refractivity (Wildman–Crippen MR) is 124 cm³/mol. The predicted octanol–water partition coefficient (Wildman–Crippen LogP) is 4.06. The first-order valence-corrected chi connectivity index (χ1v) is 11.4. The second-order valence-electron chi connectivity index (χ2n) is 7.64. The second-order valence-corrected chi connectivity index (χ2v) is 8.64. The summed E-state index contributed by atoms with van der Waals surface area (Å²) in [6, 6.07) is 7.27. The SMILES string of the molecule is BC(=O)N(C)CCN(C)C(=O)OCc1ccc(SC(=O)OC2/C=C/CCCCC2)cc1. The number of carbonyl (C=O) groups is 3. The van der Waals surface area contributed by atoms with Gasteiger partial charge in [0.15, 0.2) is 5.81 Å². The zero-order valence-electron chi connectivity index (χ0n) is 18.5. The fourth-order valence-corrected chi connectivity index (χ4v) is 3.56. The highest BCUT2D eigenvalue weighted by atomic mass is 32.2. The van der Waals surface area contributed by atoms with E-state index in [9.17, 15) is 14.4 Å². The monoisotopic (exact) mass is 446 g/mol. The Morgan fingerprint density at radius 3 is 2.48 bits per heavy atom. The fourth-order valence-electron chi connectivity index (χ4n) is 2.93. The zero-order chi connectivity index (χ0) is 22.6. The van der Waals surface area contributed by atoms with E-state index in [2.05, 4.69) is 6.08 Å². The van der Waals surface area contributed by atoms with Gasteiger partial charge in [-0.3, -0.25) is 4.79 Å². The lowest BCUT2D eigenvalue weighted by Gasteiger charge is -2.21. The van der Waals surface area contributed by atoms with Crippen LogP contribution < -0.4 is 0 Å². The maximum absolute atomic E-state index is 12.2. The second kappa shape index (κ2) is 13.1. The Kier molecular flexibility index (Phi) is 10.5. The number of carbonyl (C=O) groups excluding carboxylic acids is 3. The van der Waals surface area contributed by atoms with Crippen LogP contribution in [0, 0.1) is 0 Å². The average molecular weight is 446 g/mol. The molecule has 0 aromatic heterocycles. The van der Waals surface area contributed by atoms with Crippen LogP contribution >= 0.6 is 11.8 Å². The Morgan fingerprint density at radius 1 is 1.06 bits per heavy atom. The van der Waals surface area contributed by atoms with Gasteiger partial charge in [0, 0.05) is 32.1 Å². The Bertz CT molecular complexity index is 772. The number of ether oxygens (including phenoxy) is 2. The molecule has 9 heteroatoms. The van der Waals surface area contributed by atoms with Crippen LogP contribution in [0.15, 0.2) is 41.3 Å². The minimum atomic E-state index is -0.453. The maximum Gasteiger partial charge on any atom is 0.409 e. The van der Waals surface area contributed by atoms with Crippen molar-refractivity contribution < 1.29 is 23.9 Å². The molecule has 0 aliphatic heterocycles. The van der Waals surface area contributed by atoms with E-state index in [0.717, 1.165) is 41.5 Å². The summed E-state index contributed by atoms with van der Waals surface area (Å²) in [4.78, 5) is 39.3. The lowest BCUT2D eigenvalue weighted by molar-refractivity contribution is 0.103. The molecule has 2 rings (SSSR count). The highest BCUT2D eigenvalue weighted by Gasteiger charge is 2.15. The molecule has 0 bridgehead atoms. The van der Waals surface area contributed by atoms with Gasteiger partial charge in [-0.2, -0.15) is 0 Å². The van der Waals surface area contributed by atoms with E-state index >= 15 is 0 Å². The molecule has 1 aliphatic carbocycles. The quantitative estimate of drug-likeness (QED) is 0.272. The Balaban J connectivity index is 1.74. The van der Waals surface area contributed by atoms with Crippen LogP contribution in [-0.4, -0.2) is 68.1 Å². The molecule has 1 atom stereocenters. The number of benzene rings is 1. The number of likely N-dealkylation sites (N-methyl/N-ethyl adjacent to an activating group) is 2. The molecule has 0 heterocycles. The van der Waals surface area contributed by atoms with Gasteiger partial charge in [-0.1, -0.05) is 24.6 Å². The summed E-state index contributed by atoms with van der Waals surface area (Å²) in [7, 11) is 4.80. The number of hydrogen-bond acceptors (Lipinski definition) is 6. The molecule has 1 aromatic carbocycles. The number of amides is 2. The van der Waals surface area contributed by atoms with Crippen LogP contribution in [0.5, 0.6) is 0 Å². The van der Waals surface area contributed by atoms with Gasteiger partial charge in [-0.25, -0.2) is 9.59 Å². The van der Waals surface area contributed by atoms with Crippen LogP contribution in [0.1, 0.15) is 37.7 Å². The van der Waals surface area contributed by atoms with E-state index in [-0.39, 0.29) is 23.8 Å². The van der Waals surface area contributed by atoms with Crippen molar-refractivity contribution in [2.75, 3.05) is 27.2 Å². The number of rotatable bonds is 7. The summed E-state index contributed by atoms with van der Waals surface area (Å²) in [5, 5.41) is -0.313. The molecule has 0 saturated heterocycles. The van der Waals surface area contributed by atoms with Crippen molar-refractivity contribution in [3.05, 3.63) is 42.0 Å². The molecule has 168 valence electrons. The molecule has 7 nitrogen and oxygen atoms in total. The van der Waals surface area contributed by atoms with Gasteiger partial charge in [0.25, 0.3) is 0 Å². The molecular formula is C22H31BN2O5S. The molecule has 0 saturated carbocycles. The Hall–Kier alpha value is -2.42. The molecule has 1 unspecified atom stereocenters. The standard InChI is InChI=1S/C22H31BN2O5S/c1-24(20(23)26)14-15-25(2)21(27)29-16-17-10-12-19(13-11-17)31-22(28)30-18-8-6-4-3-5-7-9-18/h6,8,10-13,18H,3-5,7,9,14-16,23H2,1-2H3/b8-6+. The zero-order valence-corrected chi connectivity index (χ0v) is 19.4. The third kappa shape index (κ3) is 9.51. The van der Waals surface area contributed by atoms with Gasteiger partial charge in [0.05, 0.1) is 0 Å². The molecule has 0 fully saturated rings. The van der Waals surface area contributed by atoms with Gasteiger partial charge < -0.3 is 19.3 Å². The summed E-state index contributed by atoms with van der Waals surface area (Å²) < 4.78 is 10.9. The van der Waals surface area contributed by atoms with Crippen molar-refractivity contribution in [3.8, 4) is 0 Å². The van der Waals surface area contributed by atoms with Gasteiger partial charge >= 0.3 is 11.4 Å². The summed E-state index contributed by atoms with van der Waals surface area (Å²) >= 11 is 1.06. The van der Waals surface area contributed by atoms with Gasteiger partial charge in [-0.05, 0) is 61.2 Å². The van der Waals surface area contributed by atoms with Crippen molar-refractivity contribution >= 4 is 36.8 Å². The van der Waals surface area contributed by atoms with Crippen LogP contribution in [0.4, 0.5) is 14.4 Å². The Morgan fingerprint density at radius 2 is 1.77 bits per heavy atom. The summed E-state index contributed by atoms with van der Waals surface area (Å²) in [5.41, 5.74) is 0.822. The first-order chi connectivity index (χ1) is 14.8. The van der Waals surface area contributed by atoms with E-state index in [1.165, 1.54) is 25.6 Å². The molecule has 31 heavy (non-hydrogen) atoms. The number of thioether (sulfide) groups is 1. The molecular weight excluding hydrogens is 415 g/mol. The van der Waals surface area contributed by atoms with Crippen molar-refractivity contribution in [1.82, 2.24) is 9.80 Å². The fraction of sp³-hybridized carbons (Fsp3) is 0.500. The first kappa shape index (κ1) is 24.9. The first-order valence-electron chi connectivity index (χ1n) is 10.6. The van der Waals surface area contributed by atoms with Gasteiger partial charge in [0.1, 0.15) is 12.7 Å². The van der Waals surface area contributed by atoms with Crippen molar-refractivity contribution in [3.63, 3.8) is 0 Å². The minimum absolute atomic E-state index is 0.0511. The third-order valence-electron chi connectivity index (χ3n) is 5.06. The maximum atomic E-state index is 12.2. The van der Waals surface area contributed by atoms with Crippen molar-refractivity contribution in [2.45, 2.75) is 49.7 Å². The van der Waals surface area contributed by atoms with Crippen molar-refractivity contribution in [1.29, 1.82) is 0 Å². The van der Waals surface area contributed by atoms with Crippen LogP contribution in [0.3, 0.4) is 0 Å². The largest absolute Gasteiger partial charge is 0.450 e. The van der Waals surface area contributed by atoms with E-state index in [1.807, 2.05) is 30.3 Å². The smallest absolute Gasteiger partial charge is 0.409 e. The minimum Gasteiger partial charge on any atom is -0.450 e. The van der Waals surface area contributed by atoms with Crippen LogP contribution in [0.25, 0.3) is 0 Å². The summed E-state index contributed by atoms with van der Waals surface area (Å²) in [6.45, 7) is 0.969. The Labute approximate surface area is 189 Å². The molecule has 1 aliphatic rings. The van der Waals surface area contributed by atoms with Crippen LogP contribution in [-0.2, 0) is 16.1 Å².